The molecule has 0 saturated carbocycles. The minimum absolute atomic E-state index is 0.217. The summed E-state index contributed by atoms with van der Waals surface area (Å²) in [6, 6.07) is 4.14. The van der Waals surface area contributed by atoms with Crippen molar-refractivity contribution in [3.8, 4) is 0 Å². The molecule has 2 amide bonds. The molecule has 2 N–H and O–H groups in total. The predicted octanol–water partition coefficient (Wildman–Crippen LogP) is 3.41. The molecule has 0 aliphatic heterocycles. The molecule has 0 unspecified atom stereocenters. The van der Waals surface area contributed by atoms with Crippen molar-refractivity contribution in [3.63, 3.8) is 0 Å². The Balaban J connectivity index is 1.69. The van der Waals surface area contributed by atoms with Crippen molar-refractivity contribution in [2.24, 2.45) is 7.05 Å². The van der Waals surface area contributed by atoms with E-state index >= 15 is 0 Å². The normalized spacial score (nSPS) is 11.0. The molecular weight excluding hydrogens is 379 g/mol. The van der Waals surface area contributed by atoms with Crippen molar-refractivity contribution in [1.82, 2.24) is 15.1 Å². The van der Waals surface area contributed by atoms with Crippen LogP contribution >= 0.6 is 22.9 Å². The van der Waals surface area contributed by atoms with E-state index in [0.717, 1.165) is 17.0 Å². The SMILES string of the molecule is Cc1nn(C)c(C)c1NC(=O)CNC(=O)c1sc2cc(F)ccc2c1Cl. The number of benzene rings is 1. The number of carbonyl (C=O) groups excluding carboxylic acids is 2. The lowest BCUT2D eigenvalue weighted by atomic mass is 10.2. The minimum atomic E-state index is -0.480. The smallest absolute Gasteiger partial charge is 0.263 e. The quantitative estimate of drug-likeness (QED) is 0.712. The minimum Gasteiger partial charge on any atom is -0.342 e. The Morgan fingerprint density at radius 2 is 2.08 bits per heavy atom. The molecular formula is C17H16ClFN4O2S. The zero-order valence-corrected chi connectivity index (χ0v) is 15.9. The highest BCUT2D eigenvalue weighted by atomic mass is 35.5. The van der Waals surface area contributed by atoms with E-state index in [4.69, 9.17) is 11.6 Å². The topological polar surface area (TPSA) is 76.0 Å². The van der Waals surface area contributed by atoms with Crippen LogP contribution in [0.4, 0.5) is 10.1 Å². The van der Waals surface area contributed by atoms with E-state index in [-0.39, 0.29) is 22.4 Å². The second kappa shape index (κ2) is 7.05. The second-order valence-corrected chi connectivity index (χ2v) is 7.22. The number of carbonyl (C=O) groups is 2. The Hall–Kier alpha value is -2.45. The number of aryl methyl sites for hydroxylation is 2. The number of hydrogen-bond acceptors (Lipinski definition) is 4. The summed E-state index contributed by atoms with van der Waals surface area (Å²) in [4.78, 5) is 24.7. The Morgan fingerprint density at radius 1 is 1.35 bits per heavy atom. The summed E-state index contributed by atoms with van der Waals surface area (Å²) < 4.78 is 15.6. The molecule has 0 spiro atoms. The zero-order valence-electron chi connectivity index (χ0n) is 14.3. The fourth-order valence-electron chi connectivity index (χ4n) is 2.56. The van der Waals surface area contributed by atoms with Gasteiger partial charge in [0.2, 0.25) is 5.91 Å². The molecule has 26 heavy (non-hydrogen) atoms. The van der Waals surface area contributed by atoms with Crippen molar-refractivity contribution in [1.29, 1.82) is 0 Å². The van der Waals surface area contributed by atoms with Crippen LogP contribution in [0, 0.1) is 19.7 Å². The molecule has 2 aromatic heterocycles. The van der Waals surface area contributed by atoms with Gasteiger partial charge in [-0.25, -0.2) is 4.39 Å². The van der Waals surface area contributed by atoms with Crippen LogP contribution in [0.5, 0.6) is 0 Å². The van der Waals surface area contributed by atoms with Gasteiger partial charge in [-0.1, -0.05) is 11.6 Å². The standard InChI is InChI=1S/C17H16ClFN4O2S/c1-8-15(9(2)23(3)22-8)21-13(24)7-20-17(25)16-14(18)11-5-4-10(19)6-12(11)26-16/h4-6H,7H2,1-3H3,(H,20,25)(H,21,24). The Morgan fingerprint density at radius 3 is 2.73 bits per heavy atom. The van der Waals surface area contributed by atoms with Crippen molar-refractivity contribution < 1.29 is 14.0 Å². The van der Waals surface area contributed by atoms with Gasteiger partial charge in [0.15, 0.2) is 0 Å². The highest BCUT2D eigenvalue weighted by Gasteiger charge is 2.19. The summed E-state index contributed by atoms with van der Waals surface area (Å²) >= 11 is 7.29. The Labute approximate surface area is 157 Å². The maximum Gasteiger partial charge on any atom is 0.263 e. The number of halogens is 2. The lowest BCUT2D eigenvalue weighted by Gasteiger charge is -2.07. The van der Waals surface area contributed by atoms with E-state index in [9.17, 15) is 14.0 Å². The maximum absolute atomic E-state index is 13.3. The van der Waals surface area contributed by atoms with Gasteiger partial charge in [0.05, 0.1) is 28.6 Å². The Kier molecular flexibility index (Phi) is 4.97. The molecule has 136 valence electrons. The second-order valence-electron chi connectivity index (χ2n) is 5.79. The van der Waals surface area contributed by atoms with Gasteiger partial charge in [-0.2, -0.15) is 5.10 Å². The molecule has 6 nitrogen and oxygen atoms in total. The number of hydrogen-bond donors (Lipinski definition) is 2. The molecule has 2 heterocycles. The van der Waals surface area contributed by atoms with Crippen LogP contribution in [0.2, 0.25) is 5.02 Å². The van der Waals surface area contributed by atoms with Gasteiger partial charge in [0, 0.05) is 17.1 Å². The fraction of sp³-hybridized carbons (Fsp3) is 0.235. The van der Waals surface area contributed by atoms with E-state index in [1.807, 2.05) is 6.92 Å². The first-order valence-electron chi connectivity index (χ1n) is 7.73. The molecule has 1 aromatic carbocycles. The van der Waals surface area contributed by atoms with Gasteiger partial charge in [-0.05, 0) is 32.0 Å². The lowest BCUT2D eigenvalue weighted by molar-refractivity contribution is -0.115. The highest BCUT2D eigenvalue weighted by molar-refractivity contribution is 7.21. The summed E-state index contributed by atoms with van der Waals surface area (Å²) in [6.45, 7) is 3.41. The van der Waals surface area contributed by atoms with Gasteiger partial charge in [-0.15, -0.1) is 11.3 Å². The van der Waals surface area contributed by atoms with Gasteiger partial charge in [0.25, 0.3) is 5.91 Å². The molecule has 0 atom stereocenters. The maximum atomic E-state index is 13.3. The number of rotatable bonds is 4. The summed E-state index contributed by atoms with van der Waals surface area (Å²) in [6.07, 6.45) is 0. The first-order chi connectivity index (χ1) is 12.3. The number of anilines is 1. The van der Waals surface area contributed by atoms with Crippen LogP contribution in [-0.4, -0.2) is 28.1 Å². The largest absolute Gasteiger partial charge is 0.342 e. The highest BCUT2D eigenvalue weighted by Crippen LogP contribution is 2.35. The van der Waals surface area contributed by atoms with Crippen LogP contribution in [0.15, 0.2) is 18.2 Å². The van der Waals surface area contributed by atoms with E-state index in [0.29, 0.717) is 21.5 Å². The third-order valence-electron chi connectivity index (χ3n) is 3.98. The van der Waals surface area contributed by atoms with Crippen molar-refractivity contribution in [3.05, 3.63) is 45.3 Å². The van der Waals surface area contributed by atoms with E-state index in [1.54, 1.807) is 18.7 Å². The summed E-state index contributed by atoms with van der Waals surface area (Å²) in [7, 11) is 1.78. The number of nitrogens with one attached hydrogen (secondary N) is 2. The number of thiophene rings is 1. The number of fused-ring (bicyclic) bond motifs is 1. The monoisotopic (exact) mass is 394 g/mol. The average Bonchev–Trinajstić information content (AvgIpc) is 3.03. The van der Waals surface area contributed by atoms with Gasteiger partial charge in [-0.3, -0.25) is 14.3 Å². The van der Waals surface area contributed by atoms with Crippen LogP contribution in [0.25, 0.3) is 10.1 Å². The third kappa shape index (κ3) is 3.42. The molecule has 0 bridgehead atoms. The molecule has 0 aliphatic rings. The number of amides is 2. The van der Waals surface area contributed by atoms with Crippen LogP contribution in [-0.2, 0) is 11.8 Å². The average molecular weight is 395 g/mol. The number of nitrogens with zero attached hydrogens (tertiary/aromatic N) is 2. The van der Waals surface area contributed by atoms with E-state index < -0.39 is 11.7 Å². The zero-order chi connectivity index (χ0) is 19.0. The molecule has 0 saturated heterocycles. The first kappa shape index (κ1) is 18.3. The fourth-order valence-corrected chi connectivity index (χ4v) is 4.02. The van der Waals surface area contributed by atoms with Crippen LogP contribution in [0.1, 0.15) is 21.1 Å². The molecule has 9 heteroatoms. The Bertz CT molecular complexity index is 1030. The third-order valence-corrected chi connectivity index (χ3v) is 5.64. The van der Waals surface area contributed by atoms with E-state index in [1.165, 1.54) is 18.2 Å². The van der Waals surface area contributed by atoms with Gasteiger partial charge in [0.1, 0.15) is 10.7 Å². The molecule has 0 aliphatic carbocycles. The summed E-state index contributed by atoms with van der Waals surface area (Å²) in [5.41, 5.74) is 2.14. The van der Waals surface area contributed by atoms with Crippen LogP contribution in [0.3, 0.4) is 0 Å². The van der Waals surface area contributed by atoms with Gasteiger partial charge >= 0.3 is 0 Å². The van der Waals surface area contributed by atoms with Crippen molar-refractivity contribution in [2.75, 3.05) is 11.9 Å². The molecule has 0 radical (unpaired) electrons. The van der Waals surface area contributed by atoms with Gasteiger partial charge < -0.3 is 10.6 Å². The van der Waals surface area contributed by atoms with Crippen LogP contribution < -0.4 is 10.6 Å². The predicted molar refractivity (Wildman–Crippen MR) is 100 cm³/mol. The number of aromatic nitrogens is 2. The first-order valence-corrected chi connectivity index (χ1v) is 8.93. The van der Waals surface area contributed by atoms with E-state index in [2.05, 4.69) is 15.7 Å². The summed E-state index contributed by atoms with van der Waals surface area (Å²) in [5, 5.41) is 10.3. The summed E-state index contributed by atoms with van der Waals surface area (Å²) in [5.74, 6) is -1.25. The molecule has 0 fully saturated rings. The lowest BCUT2D eigenvalue weighted by Crippen LogP contribution is -2.32. The molecule has 3 rings (SSSR count). The van der Waals surface area contributed by atoms with Crippen molar-refractivity contribution >= 4 is 50.5 Å². The molecule has 3 aromatic rings. The van der Waals surface area contributed by atoms with Crippen molar-refractivity contribution in [2.45, 2.75) is 13.8 Å².